The van der Waals surface area contributed by atoms with Crippen LogP contribution in [0.1, 0.15) is 30.1 Å². The minimum Gasteiger partial charge on any atom is -0.394 e. The number of ether oxygens (including phenoxy) is 2. The molecule has 2 aromatic carbocycles. The third-order valence-electron chi connectivity index (χ3n) is 5.86. The SMILES string of the molecule is O=C1CO[C@H](c2ccc(NS(=O)(=O)Cc3ccccc3)cc2)[C@@H](CO)N1C1CCOCC1. The van der Waals surface area contributed by atoms with Crippen molar-refractivity contribution in [2.24, 2.45) is 0 Å². The monoisotopic (exact) mass is 460 g/mol. The Balaban J connectivity index is 1.47. The first-order valence-corrected chi connectivity index (χ1v) is 12.4. The smallest absolute Gasteiger partial charge is 0.249 e. The van der Waals surface area contributed by atoms with Crippen LogP contribution in [0.2, 0.25) is 0 Å². The van der Waals surface area contributed by atoms with Crippen LogP contribution in [0.5, 0.6) is 0 Å². The molecule has 8 nitrogen and oxygen atoms in total. The molecule has 0 spiro atoms. The fourth-order valence-corrected chi connectivity index (χ4v) is 5.57. The van der Waals surface area contributed by atoms with Crippen LogP contribution >= 0.6 is 0 Å². The lowest BCUT2D eigenvalue weighted by Crippen LogP contribution is -2.57. The minimum absolute atomic E-state index is 0.0175. The lowest BCUT2D eigenvalue weighted by molar-refractivity contribution is -0.168. The van der Waals surface area contributed by atoms with Gasteiger partial charge < -0.3 is 19.5 Å². The van der Waals surface area contributed by atoms with Crippen LogP contribution in [-0.2, 0) is 30.0 Å². The lowest BCUT2D eigenvalue weighted by Gasteiger charge is -2.45. The highest BCUT2D eigenvalue weighted by Gasteiger charge is 2.41. The Morgan fingerprint density at radius 1 is 1.03 bits per heavy atom. The zero-order chi connectivity index (χ0) is 22.6. The molecule has 2 heterocycles. The first kappa shape index (κ1) is 22.7. The maximum atomic E-state index is 12.6. The predicted molar refractivity (Wildman–Crippen MR) is 119 cm³/mol. The minimum atomic E-state index is -3.56. The maximum Gasteiger partial charge on any atom is 0.249 e. The maximum absolute atomic E-state index is 12.6. The number of carbonyl (C=O) groups excluding carboxylic acids is 1. The molecule has 32 heavy (non-hydrogen) atoms. The van der Waals surface area contributed by atoms with Gasteiger partial charge in [0.15, 0.2) is 0 Å². The van der Waals surface area contributed by atoms with Gasteiger partial charge in [0.25, 0.3) is 0 Å². The normalized spacial score (nSPS) is 22.7. The Hall–Kier alpha value is -2.46. The molecule has 2 aliphatic rings. The number of rotatable bonds is 7. The van der Waals surface area contributed by atoms with E-state index in [-0.39, 0.29) is 30.9 Å². The molecule has 2 atom stereocenters. The van der Waals surface area contributed by atoms with Crippen LogP contribution in [0.4, 0.5) is 5.69 Å². The number of nitrogens with zero attached hydrogens (tertiary/aromatic N) is 1. The zero-order valence-electron chi connectivity index (χ0n) is 17.7. The molecular formula is C23H28N2O6S. The molecule has 2 fully saturated rings. The van der Waals surface area contributed by atoms with Gasteiger partial charge in [-0.25, -0.2) is 8.42 Å². The van der Waals surface area contributed by atoms with Gasteiger partial charge in [0.05, 0.1) is 18.4 Å². The summed E-state index contributed by atoms with van der Waals surface area (Å²) in [6, 6.07) is 15.4. The number of aliphatic hydroxyl groups excluding tert-OH is 1. The van der Waals surface area contributed by atoms with Gasteiger partial charge in [-0.2, -0.15) is 0 Å². The second kappa shape index (κ2) is 9.99. The Bertz CT molecular complexity index is 1010. The predicted octanol–water partition coefficient (Wildman–Crippen LogP) is 2.07. The van der Waals surface area contributed by atoms with E-state index in [0.29, 0.717) is 24.5 Å². The van der Waals surface area contributed by atoms with Gasteiger partial charge in [-0.3, -0.25) is 9.52 Å². The van der Waals surface area contributed by atoms with E-state index in [0.717, 1.165) is 18.4 Å². The number of aliphatic hydroxyl groups is 1. The number of carbonyl (C=O) groups is 1. The van der Waals surface area contributed by atoms with E-state index in [1.165, 1.54) is 0 Å². The third-order valence-corrected chi connectivity index (χ3v) is 7.12. The van der Waals surface area contributed by atoms with Crippen molar-refractivity contribution in [1.82, 2.24) is 4.90 Å². The van der Waals surface area contributed by atoms with Crippen molar-refractivity contribution >= 4 is 21.6 Å². The van der Waals surface area contributed by atoms with E-state index in [9.17, 15) is 18.3 Å². The Labute approximate surface area is 188 Å². The van der Waals surface area contributed by atoms with Crippen LogP contribution in [0.25, 0.3) is 0 Å². The molecule has 172 valence electrons. The van der Waals surface area contributed by atoms with Crippen molar-refractivity contribution in [1.29, 1.82) is 0 Å². The van der Waals surface area contributed by atoms with Crippen molar-refractivity contribution < 1.29 is 27.8 Å². The van der Waals surface area contributed by atoms with E-state index in [1.807, 2.05) is 6.07 Å². The summed E-state index contributed by atoms with van der Waals surface area (Å²) in [5.41, 5.74) is 1.92. The average Bonchev–Trinajstić information content (AvgIpc) is 2.80. The Kier molecular flexibility index (Phi) is 7.10. The number of morpholine rings is 1. The number of nitrogens with one attached hydrogen (secondary N) is 1. The molecule has 2 saturated heterocycles. The third kappa shape index (κ3) is 5.29. The first-order valence-electron chi connectivity index (χ1n) is 10.7. The highest BCUT2D eigenvalue weighted by atomic mass is 32.2. The topological polar surface area (TPSA) is 105 Å². The molecule has 0 bridgehead atoms. The molecule has 0 unspecified atom stereocenters. The van der Waals surface area contributed by atoms with Gasteiger partial charge in [0.1, 0.15) is 12.7 Å². The molecule has 0 aliphatic carbocycles. The average molecular weight is 461 g/mol. The molecule has 0 aromatic heterocycles. The lowest BCUT2D eigenvalue weighted by atomic mass is 9.95. The van der Waals surface area contributed by atoms with Crippen molar-refractivity contribution in [2.75, 3.05) is 31.1 Å². The number of anilines is 1. The summed E-state index contributed by atoms with van der Waals surface area (Å²) in [5.74, 6) is -0.242. The van der Waals surface area contributed by atoms with Gasteiger partial charge in [-0.05, 0) is 36.1 Å². The summed E-state index contributed by atoms with van der Waals surface area (Å²) in [4.78, 5) is 14.3. The summed E-state index contributed by atoms with van der Waals surface area (Å²) in [6.07, 6.45) is 0.976. The summed E-state index contributed by atoms with van der Waals surface area (Å²) in [7, 11) is -3.56. The second-order valence-corrected chi connectivity index (χ2v) is 9.82. The number of hydrogen-bond donors (Lipinski definition) is 2. The van der Waals surface area contributed by atoms with Gasteiger partial charge in [-0.1, -0.05) is 42.5 Å². The highest BCUT2D eigenvalue weighted by molar-refractivity contribution is 7.91. The summed E-state index contributed by atoms with van der Waals surface area (Å²) < 4.78 is 38.8. The summed E-state index contributed by atoms with van der Waals surface area (Å²) in [6.45, 7) is 0.912. The molecule has 1 amide bonds. The highest BCUT2D eigenvalue weighted by Crippen LogP contribution is 2.33. The Morgan fingerprint density at radius 3 is 2.38 bits per heavy atom. The molecule has 0 saturated carbocycles. The zero-order valence-corrected chi connectivity index (χ0v) is 18.5. The fraction of sp³-hybridized carbons (Fsp3) is 0.435. The Morgan fingerprint density at radius 2 is 1.72 bits per heavy atom. The molecule has 2 aromatic rings. The van der Waals surface area contributed by atoms with Crippen LogP contribution in [0.15, 0.2) is 54.6 Å². The second-order valence-electron chi connectivity index (χ2n) is 8.09. The van der Waals surface area contributed by atoms with Crippen molar-refractivity contribution in [3.05, 3.63) is 65.7 Å². The van der Waals surface area contributed by atoms with Crippen molar-refractivity contribution in [3.8, 4) is 0 Å². The summed E-state index contributed by atoms with van der Waals surface area (Å²) >= 11 is 0. The number of sulfonamides is 1. The van der Waals surface area contributed by atoms with Crippen molar-refractivity contribution in [3.63, 3.8) is 0 Å². The van der Waals surface area contributed by atoms with Gasteiger partial charge in [0, 0.05) is 24.9 Å². The van der Waals surface area contributed by atoms with Crippen LogP contribution in [-0.4, -0.2) is 62.8 Å². The summed E-state index contributed by atoms with van der Waals surface area (Å²) in [5, 5.41) is 10.1. The van der Waals surface area contributed by atoms with Crippen LogP contribution in [0.3, 0.4) is 0 Å². The quantitative estimate of drug-likeness (QED) is 0.655. The van der Waals surface area contributed by atoms with Crippen LogP contribution in [0, 0.1) is 0 Å². The molecule has 2 aliphatic heterocycles. The van der Waals surface area contributed by atoms with E-state index in [4.69, 9.17) is 9.47 Å². The van der Waals surface area contributed by atoms with Gasteiger partial charge in [-0.15, -0.1) is 0 Å². The first-order chi connectivity index (χ1) is 15.5. The van der Waals surface area contributed by atoms with Gasteiger partial charge in [0.2, 0.25) is 15.9 Å². The number of benzene rings is 2. The fourth-order valence-electron chi connectivity index (χ4n) is 4.37. The molecule has 4 rings (SSSR count). The van der Waals surface area contributed by atoms with E-state index in [2.05, 4.69) is 4.72 Å². The number of amides is 1. The van der Waals surface area contributed by atoms with Crippen molar-refractivity contribution in [2.45, 2.75) is 36.8 Å². The molecule has 9 heteroatoms. The van der Waals surface area contributed by atoms with Gasteiger partial charge >= 0.3 is 0 Å². The van der Waals surface area contributed by atoms with E-state index in [1.54, 1.807) is 53.4 Å². The van der Waals surface area contributed by atoms with E-state index < -0.39 is 22.2 Å². The molecular weight excluding hydrogens is 432 g/mol. The van der Waals surface area contributed by atoms with Crippen LogP contribution < -0.4 is 4.72 Å². The molecule has 2 N–H and O–H groups in total. The van der Waals surface area contributed by atoms with E-state index >= 15 is 0 Å². The number of hydrogen-bond acceptors (Lipinski definition) is 6. The molecule has 0 radical (unpaired) electrons. The standard InChI is InChI=1S/C23H28N2O6S/c26-14-21-23(31-15-22(27)25(21)20-10-12-30-13-11-20)18-6-8-19(9-7-18)24-32(28,29)16-17-4-2-1-3-5-17/h1-9,20-21,23-24,26H,10-16H2/t21-,23-/m1/s1. The largest absolute Gasteiger partial charge is 0.394 e.